The molecule has 0 amide bonds. The quantitative estimate of drug-likeness (QED) is 0.882. The number of hydrogen-bond donors (Lipinski definition) is 1. The molecule has 0 aromatic heterocycles. The van der Waals surface area contributed by atoms with Gasteiger partial charge in [0.25, 0.3) is 0 Å². The average Bonchev–Trinajstić information content (AvgIpc) is 2.61. The lowest BCUT2D eigenvalue weighted by molar-refractivity contribution is -0.117. The first kappa shape index (κ1) is 17.3. The summed E-state index contributed by atoms with van der Waals surface area (Å²) < 4.78 is 13.3. The van der Waals surface area contributed by atoms with Crippen LogP contribution in [-0.2, 0) is 24.1 Å². The van der Waals surface area contributed by atoms with Gasteiger partial charge in [0.05, 0.1) is 11.6 Å². The fraction of sp³-hybridized carbons (Fsp3) is 0.333. The number of carbonyl (C=O) groups is 1. The summed E-state index contributed by atoms with van der Waals surface area (Å²) in [5, 5.41) is 12.1. The first-order valence-corrected chi connectivity index (χ1v) is 8.52. The van der Waals surface area contributed by atoms with Gasteiger partial charge in [0.2, 0.25) is 0 Å². The smallest absolute Gasteiger partial charge is 0.141 e. The van der Waals surface area contributed by atoms with E-state index in [9.17, 15) is 9.18 Å². The molecule has 2 atom stereocenters. The maximum absolute atomic E-state index is 13.3. The number of nitrogens with zero attached hydrogens (tertiary/aromatic N) is 1. The van der Waals surface area contributed by atoms with Crippen LogP contribution in [-0.4, -0.2) is 24.5 Å². The standard InChI is InChI=1S/C21H21FN2O/c1-14-2-3-17(12-23)8-18(14)11-19(25)9-15-4-6-16(7-5-15)10-21-20(22)13-24-21/h2-8,20-21,24H,9-11,13H2,1H3/t20-,21-/m0/s1. The second-order valence-corrected chi connectivity index (χ2v) is 6.70. The first-order valence-electron chi connectivity index (χ1n) is 8.52. The predicted octanol–water partition coefficient (Wildman–Crippen LogP) is 3.07. The van der Waals surface area contributed by atoms with E-state index < -0.39 is 6.17 Å². The van der Waals surface area contributed by atoms with E-state index in [1.165, 1.54) is 0 Å². The van der Waals surface area contributed by atoms with Crippen molar-refractivity contribution in [3.8, 4) is 6.07 Å². The summed E-state index contributed by atoms with van der Waals surface area (Å²) in [5.41, 5.74) is 4.55. The van der Waals surface area contributed by atoms with Gasteiger partial charge < -0.3 is 5.32 Å². The van der Waals surface area contributed by atoms with E-state index >= 15 is 0 Å². The number of Topliss-reactive ketones (excluding diaryl/α,β-unsaturated/α-hetero) is 1. The van der Waals surface area contributed by atoms with Gasteiger partial charge in [-0.15, -0.1) is 0 Å². The summed E-state index contributed by atoms with van der Waals surface area (Å²) in [5.74, 6) is 0.121. The number of nitrogens with one attached hydrogen (secondary N) is 1. The molecule has 0 bridgehead atoms. The number of ketones is 1. The van der Waals surface area contributed by atoms with Gasteiger partial charge in [-0.05, 0) is 47.7 Å². The fourth-order valence-corrected chi connectivity index (χ4v) is 3.05. The van der Waals surface area contributed by atoms with Crippen molar-refractivity contribution in [3.05, 3.63) is 70.3 Å². The van der Waals surface area contributed by atoms with Crippen LogP contribution in [0.4, 0.5) is 4.39 Å². The van der Waals surface area contributed by atoms with Crippen LogP contribution < -0.4 is 5.32 Å². The highest BCUT2D eigenvalue weighted by Gasteiger charge is 2.29. The minimum atomic E-state index is -0.756. The number of carbonyl (C=O) groups excluding carboxylic acids is 1. The van der Waals surface area contributed by atoms with E-state index in [4.69, 9.17) is 5.26 Å². The SMILES string of the molecule is Cc1ccc(C#N)cc1CC(=O)Cc1ccc(C[C@@H]2NC[C@@H]2F)cc1. The van der Waals surface area contributed by atoms with E-state index in [0.717, 1.165) is 22.3 Å². The van der Waals surface area contributed by atoms with Crippen molar-refractivity contribution in [2.45, 2.75) is 38.4 Å². The van der Waals surface area contributed by atoms with Crippen molar-refractivity contribution in [2.24, 2.45) is 0 Å². The van der Waals surface area contributed by atoms with Crippen LogP contribution in [0.25, 0.3) is 0 Å². The molecule has 2 aromatic carbocycles. The monoisotopic (exact) mass is 336 g/mol. The summed E-state index contributed by atoms with van der Waals surface area (Å²) in [6.07, 6.45) is 0.617. The fourth-order valence-electron chi connectivity index (χ4n) is 3.05. The first-order chi connectivity index (χ1) is 12.0. The Morgan fingerprint density at radius 3 is 2.52 bits per heavy atom. The highest BCUT2D eigenvalue weighted by atomic mass is 19.1. The van der Waals surface area contributed by atoms with Crippen LogP contribution in [0.5, 0.6) is 0 Å². The summed E-state index contributed by atoms with van der Waals surface area (Å²) in [7, 11) is 0. The highest BCUT2D eigenvalue weighted by Crippen LogP contribution is 2.17. The van der Waals surface area contributed by atoms with Gasteiger partial charge in [-0.25, -0.2) is 4.39 Å². The maximum atomic E-state index is 13.3. The van der Waals surface area contributed by atoms with Crippen molar-refractivity contribution in [3.63, 3.8) is 0 Å². The van der Waals surface area contributed by atoms with Crippen LogP contribution in [0.3, 0.4) is 0 Å². The van der Waals surface area contributed by atoms with Crippen LogP contribution in [0.1, 0.15) is 27.8 Å². The van der Waals surface area contributed by atoms with Crippen molar-refractivity contribution < 1.29 is 9.18 Å². The van der Waals surface area contributed by atoms with E-state index in [0.29, 0.717) is 31.4 Å². The molecule has 1 fully saturated rings. The molecule has 1 aliphatic heterocycles. The van der Waals surface area contributed by atoms with Gasteiger partial charge in [-0.3, -0.25) is 4.79 Å². The number of alkyl halides is 1. The molecule has 0 saturated carbocycles. The van der Waals surface area contributed by atoms with E-state index in [-0.39, 0.29) is 11.8 Å². The Balaban J connectivity index is 1.58. The lowest BCUT2D eigenvalue weighted by Crippen LogP contribution is -2.55. The summed E-state index contributed by atoms with van der Waals surface area (Å²) in [4.78, 5) is 12.4. The molecule has 0 spiro atoms. The third-order valence-corrected chi connectivity index (χ3v) is 4.76. The zero-order valence-corrected chi connectivity index (χ0v) is 14.3. The Hall–Kier alpha value is -2.51. The molecule has 2 aromatic rings. The van der Waals surface area contributed by atoms with Crippen molar-refractivity contribution in [2.75, 3.05) is 6.54 Å². The van der Waals surface area contributed by atoms with Gasteiger partial charge in [0.1, 0.15) is 12.0 Å². The third-order valence-electron chi connectivity index (χ3n) is 4.76. The number of benzene rings is 2. The molecule has 128 valence electrons. The van der Waals surface area contributed by atoms with Crippen LogP contribution >= 0.6 is 0 Å². The largest absolute Gasteiger partial charge is 0.308 e. The normalized spacial score (nSPS) is 19.1. The Labute approximate surface area is 147 Å². The number of nitriles is 1. The second kappa shape index (κ2) is 7.58. The Morgan fingerprint density at radius 1 is 1.20 bits per heavy atom. The second-order valence-electron chi connectivity index (χ2n) is 6.70. The number of halogens is 1. The molecular formula is C21H21FN2O. The topological polar surface area (TPSA) is 52.9 Å². The number of aryl methyl sites for hydroxylation is 1. The lowest BCUT2D eigenvalue weighted by atomic mass is 9.94. The van der Waals surface area contributed by atoms with E-state index in [2.05, 4.69) is 11.4 Å². The lowest BCUT2D eigenvalue weighted by Gasteiger charge is -2.32. The van der Waals surface area contributed by atoms with E-state index in [1.807, 2.05) is 37.3 Å². The van der Waals surface area contributed by atoms with Crippen molar-refractivity contribution >= 4 is 5.78 Å². The maximum Gasteiger partial charge on any atom is 0.141 e. The van der Waals surface area contributed by atoms with Crippen LogP contribution in [0, 0.1) is 18.3 Å². The van der Waals surface area contributed by atoms with Gasteiger partial charge in [-0.1, -0.05) is 30.3 Å². The Morgan fingerprint density at radius 2 is 1.92 bits per heavy atom. The van der Waals surface area contributed by atoms with Crippen LogP contribution in [0.15, 0.2) is 42.5 Å². The molecular weight excluding hydrogens is 315 g/mol. The minimum absolute atomic E-state index is 0.0807. The summed E-state index contributed by atoms with van der Waals surface area (Å²) >= 11 is 0. The summed E-state index contributed by atoms with van der Waals surface area (Å²) in [6.45, 7) is 2.40. The van der Waals surface area contributed by atoms with Crippen LogP contribution in [0.2, 0.25) is 0 Å². The highest BCUT2D eigenvalue weighted by molar-refractivity contribution is 5.83. The predicted molar refractivity (Wildman–Crippen MR) is 95.1 cm³/mol. The molecule has 0 unspecified atom stereocenters. The number of rotatable bonds is 6. The Bertz CT molecular complexity index is 808. The third kappa shape index (κ3) is 4.32. The molecule has 1 saturated heterocycles. The minimum Gasteiger partial charge on any atom is -0.308 e. The molecule has 25 heavy (non-hydrogen) atoms. The molecule has 1 aliphatic rings. The molecule has 0 radical (unpaired) electrons. The zero-order chi connectivity index (χ0) is 17.8. The van der Waals surface area contributed by atoms with Gasteiger partial charge in [0, 0.05) is 25.4 Å². The van der Waals surface area contributed by atoms with Crippen molar-refractivity contribution in [1.29, 1.82) is 5.26 Å². The van der Waals surface area contributed by atoms with E-state index in [1.54, 1.807) is 12.1 Å². The number of hydrogen-bond acceptors (Lipinski definition) is 3. The zero-order valence-electron chi connectivity index (χ0n) is 14.3. The molecule has 3 nitrogen and oxygen atoms in total. The molecule has 1 heterocycles. The molecule has 4 heteroatoms. The average molecular weight is 336 g/mol. The molecule has 0 aliphatic carbocycles. The molecule has 3 rings (SSSR count). The van der Waals surface area contributed by atoms with Gasteiger partial charge >= 0.3 is 0 Å². The van der Waals surface area contributed by atoms with Crippen molar-refractivity contribution in [1.82, 2.24) is 5.32 Å². The van der Waals surface area contributed by atoms with Gasteiger partial charge in [0.15, 0.2) is 0 Å². The summed E-state index contributed by atoms with van der Waals surface area (Å²) in [6, 6.07) is 15.3. The van der Waals surface area contributed by atoms with Gasteiger partial charge in [-0.2, -0.15) is 5.26 Å². The molecule has 1 N–H and O–H groups in total. The Kier molecular flexibility index (Phi) is 5.25.